The molecule has 0 fully saturated rings. The first kappa shape index (κ1) is 23.3. The molecule has 3 atom stereocenters. The summed E-state index contributed by atoms with van der Waals surface area (Å²) in [4.78, 5) is 12.8. The third kappa shape index (κ3) is 4.75. The Morgan fingerprint density at radius 2 is 2.00 bits per heavy atom. The molecule has 0 saturated heterocycles. The van der Waals surface area contributed by atoms with E-state index in [1.807, 2.05) is 29.5 Å². The fourth-order valence-corrected chi connectivity index (χ4v) is 6.68. The molecule has 1 heterocycles. The standard InChI is InChI=1S/C22H28INO5S/c1-3-29-22(26)20-21(25)19(23)18(14-11-16-7-5-4-6-8-16)24(20)30(27,28)17-12-9-15(2)10-13-17/h5,7,9-10,12-13,16,20-21,25H,3-4,6,8,11,14H2,1-2H3/t16?,20-,21-/m0/s1. The summed E-state index contributed by atoms with van der Waals surface area (Å²) in [6.45, 7) is 3.65. The number of sulfonamides is 1. The Morgan fingerprint density at radius 3 is 2.60 bits per heavy atom. The molecule has 6 nitrogen and oxygen atoms in total. The fourth-order valence-electron chi connectivity index (χ4n) is 3.96. The molecule has 8 heteroatoms. The number of allylic oxidation sites excluding steroid dienone is 3. The van der Waals surface area contributed by atoms with Crippen molar-refractivity contribution in [2.24, 2.45) is 5.92 Å². The Bertz CT molecular complexity index is 939. The molecule has 0 aromatic heterocycles. The van der Waals surface area contributed by atoms with Gasteiger partial charge in [0.1, 0.15) is 6.10 Å². The molecule has 1 aliphatic heterocycles. The molecule has 0 radical (unpaired) electrons. The number of aliphatic hydroxyl groups is 1. The molecule has 1 unspecified atom stereocenters. The van der Waals surface area contributed by atoms with Gasteiger partial charge in [0.25, 0.3) is 10.0 Å². The molecule has 164 valence electrons. The second kappa shape index (κ2) is 9.82. The number of carbonyl (C=O) groups excluding carboxylic acids is 1. The van der Waals surface area contributed by atoms with Crippen molar-refractivity contribution in [1.82, 2.24) is 4.31 Å². The molecule has 0 spiro atoms. The second-order valence-corrected chi connectivity index (χ2v) is 10.7. The van der Waals surface area contributed by atoms with Gasteiger partial charge < -0.3 is 9.84 Å². The lowest BCUT2D eigenvalue weighted by atomic mass is 9.91. The molecule has 30 heavy (non-hydrogen) atoms. The van der Waals surface area contributed by atoms with Crippen LogP contribution in [0.2, 0.25) is 0 Å². The maximum atomic E-state index is 13.6. The quantitative estimate of drug-likeness (QED) is 0.317. The third-order valence-corrected chi connectivity index (χ3v) is 8.66. The van der Waals surface area contributed by atoms with Crippen molar-refractivity contribution in [3.05, 3.63) is 51.3 Å². The zero-order chi connectivity index (χ0) is 21.9. The number of hydrogen-bond acceptors (Lipinski definition) is 5. The summed E-state index contributed by atoms with van der Waals surface area (Å²) in [6, 6.07) is 5.21. The number of carbonyl (C=O) groups is 1. The number of benzene rings is 1. The highest BCUT2D eigenvalue weighted by Gasteiger charge is 2.49. The van der Waals surface area contributed by atoms with Gasteiger partial charge in [-0.1, -0.05) is 29.8 Å². The van der Waals surface area contributed by atoms with Crippen molar-refractivity contribution in [2.45, 2.75) is 63.0 Å². The second-order valence-electron chi connectivity index (χ2n) is 7.71. The van der Waals surface area contributed by atoms with Crippen LogP contribution in [-0.2, 0) is 19.6 Å². The number of aryl methyl sites for hydroxylation is 1. The SMILES string of the molecule is CCOC(=O)[C@@H]1[C@@H](O)C(I)=C(CCC2C=CCCC2)N1S(=O)(=O)c1ccc(C)cc1. The molecule has 0 amide bonds. The lowest BCUT2D eigenvalue weighted by Gasteiger charge is -2.29. The lowest BCUT2D eigenvalue weighted by molar-refractivity contribution is -0.149. The van der Waals surface area contributed by atoms with Gasteiger partial charge in [0.05, 0.1) is 11.5 Å². The van der Waals surface area contributed by atoms with Gasteiger partial charge >= 0.3 is 5.97 Å². The van der Waals surface area contributed by atoms with Crippen LogP contribution < -0.4 is 0 Å². The molecule has 1 aromatic carbocycles. The summed E-state index contributed by atoms with van der Waals surface area (Å²) >= 11 is 1.97. The van der Waals surface area contributed by atoms with E-state index in [0.717, 1.165) is 35.6 Å². The topological polar surface area (TPSA) is 83.9 Å². The number of aliphatic hydroxyl groups excluding tert-OH is 1. The highest BCUT2D eigenvalue weighted by atomic mass is 127. The Hall–Kier alpha value is -1.39. The van der Waals surface area contributed by atoms with E-state index in [9.17, 15) is 18.3 Å². The first-order chi connectivity index (χ1) is 14.3. The van der Waals surface area contributed by atoms with Crippen LogP contribution >= 0.6 is 22.6 Å². The average molecular weight is 545 g/mol. The first-order valence-electron chi connectivity index (χ1n) is 10.3. The highest BCUT2D eigenvalue weighted by Crippen LogP contribution is 2.41. The molecule has 2 aliphatic rings. The van der Waals surface area contributed by atoms with Crippen LogP contribution in [0.15, 0.2) is 50.6 Å². The number of esters is 1. The van der Waals surface area contributed by atoms with E-state index in [2.05, 4.69) is 12.2 Å². The number of nitrogens with zero attached hydrogens (tertiary/aromatic N) is 1. The summed E-state index contributed by atoms with van der Waals surface area (Å²) in [5.74, 6) is -0.361. The normalized spacial score (nSPS) is 24.4. The molecule has 0 bridgehead atoms. The van der Waals surface area contributed by atoms with Crippen LogP contribution in [0.25, 0.3) is 0 Å². The van der Waals surface area contributed by atoms with Gasteiger partial charge in [-0.05, 0) is 86.6 Å². The fraction of sp³-hybridized carbons (Fsp3) is 0.500. The van der Waals surface area contributed by atoms with E-state index in [4.69, 9.17) is 4.74 Å². The van der Waals surface area contributed by atoms with Gasteiger partial charge in [0, 0.05) is 9.28 Å². The zero-order valence-electron chi connectivity index (χ0n) is 17.3. The average Bonchev–Trinajstić information content (AvgIpc) is 2.99. The number of rotatable bonds is 7. The predicted molar refractivity (Wildman–Crippen MR) is 123 cm³/mol. The minimum Gasteiger partial charge on any atom is -0.464 e. The molecule has 0 saturated carbocycles. The Balaban J connectivity index is 1.98. The summed E-state index contributed by atoms with van der Waals surface area (Å²) in [7, 11) is -4.04. The van der Waals surface area contributed by atoms with Crippen LogP contribution in [-0.4, -0.2) is 42.6 Å². The van der Waals surface area contributed by atoms with Crippen LogP contribution in [0.1, 0.15) is 44.6 Å². The van der Waals surface area contributed by atoms with Crippen molar-refractivity contribution < 1.29 is 23.1 Å². The molecule has 1 aliphatic carbocycles. The van der Waals surface area contributed by atoms with Crippen molar-refractivity contribution in [3.63, 3.8) is 0 Å². The van der Waals surface area contributed by atoms with Gasteiger partial charge in [-0.3, -0.25) is 4.31 Å². The lowest BCUT2D eigenvalue weighted by Crippen LogP contribution is -2.47. The maximum absolute atomic E-state index is 13.6. The molecule has 3 rings (SSSR count). The van der Waals surface area contributed by atoms with Crippen LogP contribution in [0, 0.1) is 12.8 Å². The van der Waals surface area contributed by atoms with Gasteiger partial charge in [-0.25, -0.2) is 13.2 Å². The van der Waals surface area contributed by atoms with Crippen LogP contribution in [0.5, 0.6) is 0 Å². The molecule has 1 aromatic rings. The van der Waals surface area contributed by atoms with Gasteiger partial charge in [0.15, 0.2) is 6.04 Å². The van der Waals surface area contributed by atoms with Crippen LogP contribution in [0.3, 0.4) is 0 Å². The number of hydrogen-bond donors (Lipinski definition) is 1. The monoisotopic (exact) mass is 545 g/mol. The summed E-state index contributed by atoms with van der Waals surface area (Å²) < 4.78 is 33.9. The van der Waals surface area contributed by atoms with E-state index in [1.54, 1.807) is 19.1 Å². The number of ether oxygens (including phenoxy) is 1. The summed E-state index contributed by atoms with van der Waals surface area (Å²) in [6.07, 6.45) is 7.61. The van der Waals surface area contributed by atoms with Gasteiger partial charge in [0.2, 0.25) is 0 Å². The summed E-state index contributed by atoms with van der Waals surface area (Å²) in [5.41, 5.74) is 1.42. The molecule has 1 N–H and O–H groups in total. The largest absolute Gasteiger partial charge is 0.464 e. The van der Waals surface area contributed by atoms with Gasteiger partial charge in [-0.15, -0.1) is 0 Å². The van der Waals surface area contributed by atoms with Crippen molar-refractivity contribution in [1.29, 1.82) is 0 Å². The first-order valence-corrected chi connectivity index (χ1v) is 12.8. The van der Waals surface area contributed by atoms with E-state index in [1.165, 1.54) is 12.1 Å². The van der Waals surface area contributed by atoms with E-state index >= 15 is 0 Å². The third-order valence-electron chi connectivity index (χ3n) is 5.56. The van der Waals surface area contributed by atoms with Crippen molar-refractivity contribution in [3.8, 4) is 0 Å². The zero-order valence-corrected chi connectivity index (χ0v) is 20.2. The number of halogens is 1. The Morgan fingerprint density at radius 1 is 1.30 bits per heavy atom. The minimum atomic E-state index is -4.04. The van der Waals surface area contributed by atoms with E-state index < -0.39 is 28.1 Å². The summed E-state index contributed by atoms with van der Waals surface area (Å²) in [5, 5.41) is 10.8. The van der Waals surface area contributed by atoms with E-state index in [0.29, 0.717) is 21.6 Å². The van der Waals surface area contributed by atoms with E-state index in [-0.39, 0.29) is 11.5 Å². The van der Waals surface area contributed by atoms with Crippen LogP contribution in [0.4, 0.5) is 0 Å². The van der Waals surface area contributed by atoms with Crippen molar-refractivity contribution >= 4 is 38.6 Å². The van der Waals surface area contributed by atoms with Crippen molar-refractivity contribution in [2.75, 3.05) is 6.61 Å². The Labute approximate surface area is 192 Å². The smallest absolute Gasteiger partial charge is 0.333 e. The highest BCUT2D eigenvalue weighted by molar-refractivity contribution is 14.1. The Kier molecular flexibility index (Phi) is 7.62. The maximum Gasteiger partial charge on any atom is 0.333 e. The molecular weight excluding hydrogens is 517 g/mol. The molecular formula is C22H28INO5S. The minimum absolute atomic E-state index is 0.0933. The van der Waals surface area contributed by atoms with Gasteiger partial charge in [-0.2, -0.15) is 0 Å². The predicted octanol–water partition coefficient (Wildman–Crippen LogP) is 4.08.